The van der Waals surface area contributed by atoms with Crippen LogP contribution in [-0.4, -0.2) is 38.8 Å². The summed E-state index contributed by atoms with van der Waals surface area (Å²) in [7, 11) is 1.64. The summed E-state index contributed by atoms with van der Waals surface area (Å²) >= 11 is 0. The van der Waals surface area contributed by atoms with Gasteiger partial charge in [-0.3, -0.25) is 4.79 Å². The Balaban J connectivity index is 0.00000242. The Morgan fingerprint density at radius 3 is 2.95 bits per heavy atom. The van der Waals surface area contributed by atoms with E-state index in [1.165, 1.54) is 0 Å². The second kappa shape index (κ2) is 8.98. The lowest BCUT2D eigenvalue weighted by Gasteiger charge is -2.24. The molecule has 124 valence electrons. The minimum absolute atomic E-state index is 0. The molecule has 1 aliphatic rings. The molecule has 1 saturated heterocycles. The molecule has 0 bridgehead atoms. The molecule has 22 heavy (non-hydrogen) atoms. The largest absolute Gasteiger partial charge is 0.496 e. The quantitative estimate of drug-likeness (QED) is 0.867. The topological polar surface area (TPSA) is 59.6 Å². The molecular weight excluding hydrogens is 304 g/mol. The van der Waals surface area contributed by atoms with E-state index in [0.717, 1.165) is 30.0 Å². The molecule has 2 rings (SSSR count). The molecule has 1 amide bonds. The number of rotatable bonds is 5. The SMILES string of the molecule is COc1ccc(C)cc1C(C)NC(=O)CC1COCCN1.Cl. The van der Waals surface area contributed by atoms with Gasteiger partial charge in [0.05, 0.1) is 26.4 Å². The summed E-state index contributed by atoms with van der Waals surface area (Å²) < 4.78 is 10.7. The van der Waals surface area contributed by atoms with Gasteiger partial charge in [-0.15, -0.1) is 12.4 Å². The molecule has 6 heteroatoms. The molecule has 1 aromatic rings. The normalized spacial score (nSPS) is 19.0. The molecule has 0 spiro atoms. The summed E-state index contributed by atoms with van der Waals surface area (Å²) in [6.45, 7) is 6.12. The maximum Gasteiger partial charge on any atom is 0.222 e. The average molecular weight is 329 g/mol. The fraction of sp³-hybridized carbons (Fsp3) is 0.562. The number of ether oxygens (including phenoxy) is 2. The van der Waals surface area contributed by atoms with Gasteiger partial charge in [0.2, 0.25) is 5.91 Å². The van der Waals surface area contributed by atoms with E-state index in [-0.39, 0.29) is 30.4 Å². The Hall–Kier alpha value is -1.30. The van der Waals surface area contributed by atoms with Gasteiger partial charge in [0.15, 0.2) is 0 Å². The molecule has 2 unspecified atom stereocenters. The lowest BCUT2D eigenvalue weighted by Crippen LogP contribution is -2.44. The molecular formula is C16H25ClN2O3. The van der Waals surface area contributed by atoms with Crippen LogP contribution in [0, 0.1) is 6.92 Å². The molecule has 1 aromatic carbocycles. The van der Waals surface area contributed by atoms with Gasteiger partial charge in [0, 0.05) is 24.6 Å². The first-order valence-corrected chi connectivity index (χ1v) is 7.35. The van der Waals surface area contributed by atoms with E-state index < -0.39 is 0 Å². The van der Waals surface area contributed by atoms with Crippen LogP contribution in [0.5, 0.6) is 5.75 Å². The summed E-state index contributed by atoms with van der Waals surface area (Å²) in [6, 6.07) is 6.00. The van der Waals surface area contributed by atoms with Crippen LogP contribution in [0.1, 0.15) is 30.5 Å². The molecule has 0 saturated carbocycles. The van der Waals surface area contributed by atoms with Gasteiger partial charge in [-0.25, -0.2) is 0 Å². The van der Waals surface area contributed by atoms with Crippen molar-refractivity contribution in [2.24, 2.45) is 0 Å². The number of hydrogen-bond acceptors (Lipinski definition) is 4. The zero-order valence-corrected chi connectivity index (χ0v) is 14.2. The Kier molecular flexibility index (Phi) is 7.65. The predicted octanol–water partition coefficient (Wildman–Crippen LogP) is 1.98. The minimum Gasteiger partial charge on any atom is -0.496 e. The number of amides is 1. The number of aryl methyl sites for hydroxylation is 1. The van der Waals surface area contributed by atoms with E-state index in [0.29, 0.717) is 13.0 Å². The van der Waals surface area contributed by atoms with E-state index in [1.807, 2.05) is 32.0 Å². The molecule has 0 aliphatic carbocycles. The van der Waals surface area contributed by atoms with Crippen LogP contribution >= 0.6 is 12.4 Å². The van der Waals surface area contributed by atoms with E-state index in [2.05, 4.69) is 10.6 Å². The Morgan fingerprint density at radius 1 is 1.55 bits per heavy atom. The highest BCUT2D eigenvalue weighted by Gasteiger charge is 2.19. The van der Waals surface area contributed by atoms with Crippen LogP contribution in [-0.2, 0) is 9.53 Å². The van der Waals surface area contributed by atoms with Crippen molar-refractivity contribution in [3.8, 4) is 5.75 Å². The first-order valence-electron chi connectivity index (χ1n) is 7.35. The second-order valence-electron chi connectivity index (χ2n) is 5.46. The lowest BCUT2D eigenvalue weighted by atomic mass is 10.0. The highest BCUT2D eigenvalue weighted by molar-refractivity contribution is 5.85. The van der Waals surface area contributed by atoms with Crippen LogP contribution in [0.25, 0.3) is 0 Å². The Morgan fingerprint density at radius 2 is 2.32 bits per heavy atom. The van der Waals surface area contributed by atoms with Crippen LogP contribution < -0.4 is 15.4 Å². The van der Waals surface area contributed by atoms with Crippen LogP contribution in [0.2, 0.25) is 0 Å². The van der Waals surface area contributed by atoms with Crippen molar-refractivity contribution in [1.82, 2.24) is 10.6 Å². The first-order chi connectivity index (χ1) is 10.1. The highest BCUT2D eigenvalue weighted by atomic mass is 35.5. The lowest BCUT2D eigenvalue weighted by molar-refractivity contribution is -0.122. The first kappa shape index (κ1) is 18.7. The van der Waals surface area contributed by atoms with Crippen LogP contribution in [0.3, 0.4) is 0 Å². The van der Waals surface area contributed by atoms with E-state index in [4.69, 9.17) is 9.47 Å². The summed E-state index contributed by atoms with van der Waals surface area (Å²) in [5.74, 6) is 0.821. The fourth-order valence-corrected chi connectivity index (χ4v) is 2.54. The minimum atomic E-state index is -0.0862. The summed E-state index contributed by atoms with van der Waals surface area (Å²) in [6.07, 6.45) is 0.429. The van der Waals surface area contributed by atoms with Crippen LogP contribution in [0.15, 0.2) is 18.2 Å². The highest BCUT2D eigenvalue weighted by Crippen LogP contribution is 2.26. The van der Waals surface area contributed by atoms with Gasteiger partial charge < -0.3 is 20.1 Å². The number of carbonyl (C=O) groups excluding carboxylic acids is 1. The van der Waals surface area contributed by atoms with E-state index in [9.17, 15) is 4.79 Å². The monoisotopic (exact) mass is 328 g/mol. The molecule has 2 N–H and O–H groups in total. The van der Waals surface area contributed by atoms with Crippen molar-refractivity contribution in [3.63, 3.8) is 0 Å². The number of methoxy groups -OCH3 is 1. The fourth-order valence-electron chi connectivity index (χ4n) is 2.54. The predicted molar refractivity (Wildman–Crippen MR) is 88.8 cm³/mol. The molecule has 0 radical (unpaired) electrons. The van der Waals surface area contributed by atoms with Gasteiger partial charge in [0.1, 0.15) is 5.75 Å². The molecule has 1 fully saturated rings. The van der Waals surface area contributed by atoms with Crippen molar-refractivity contribution >= 4 is 18.3 Å². The van der Waals surface area contributed by atoms with Gasteiger partial charge in [0.25, 0.3) is 0 Å². The second-order valence-corrected chi connectivity index (χ2v) is 5.46. The number of carbonyl (C=O) groups is 1. The molecule has 5 nitrogen and oxygen atoms in total. The number of morpholine rings is 1. The van der Waals surface area contributed by atoms with Crippen LogP contribution in [0.4, 0.5) is 0 Å². The van der Waals surface area contributed by atoms with Gasteiger partial charge >= 0.3 is 0 Å². The van der Waals surface area contributed by atoms with Crippen molar-refractivity contribution < 1.29 is 14.3 Å². The van der Waals surface area contributed by atoms with Crippen molar-refractivity contribution in [3.05, 3.63) is 29.3 Å². The zero-order chi connectivity index (χ0) is 15.2. The standard InChI is InChI=1S/C16H24N2O3.ClH/c1-11-4-5-15(20-3)14(8-11)12(2)18-16(19)9-13-10-21-7-6-17-13;/h4-5,8,12-13,17H,6-7,9-10H2,1-3H3,(H,18,19);1H. The molecule has 2 atom stereocenters. The van der Waals surface area contributed by atoms with E-state index >= 15 is 0 Å². The third-order valence-corrected chi connectivity index (χ3v) is 3.66. The number of halogens is 1. The molecule has 0 aromatic heterocycles. The Labute approximate surface area is 138 Å². The third kappa shape index (κ3) is 5.16. The van der Waals surface area contributed by atoms with Gasteiger partial charge in [-0.05, 0) is 19.9 Å². The summed E-state index contributed by atoms with van der Waals surface area (Å²) in [5.41, 5.74) is 2.15. The number of nitrogens with one attached hydrogen (secondary N) is 2. The van der Waals surface area contributed by atoms with Gasteiger partial charge in [-0.1, -0.05) is 17.7 Å². The Bertz CT molecular complexity index is 490. The zero-order valence-electron chi connectivity index (χ0n) is 13.3. The van der Waals surface area contributed by atoms with Crippen molar-refractivity contribution in [1.29, 1.82) is 0 Å². The molecule has 1 heterocycles. The van der Waals surface area contributed by atoms with Gasteiger partial charge in [-0.2, -0.15) is 0 Å². The van der Waals surface area contributed by atoms with E-state index in [1.54, 1.807) is 7.11 Å². The maximum absolute atomic E-state index is 12.1. The van der Waals surface area contributed by atoms with Crippen molar-refractivity contribution in [2.45, 2.75) is 32.4 Å². The number of hydrogen-bond donors (Lipinski definition) is 2. The summed E-state index contributed by atoms with van der Waals surface area (Å²) in [5, 5.41) is 6.32. The smallest absolute Gasteiger partial charge is 0.222 e. The third-order valence-electron chi connectivity index (χ3n) is 3.66. The maximum atomic E-state index is 12.1. The number of benzene rings is 1. The van der Waals surface area contributed by atoms with Crippen molar-refractivity contribution in [2.75, 3.05) is 26.9 Å². The molecule has 1 aliphatic heterocycles. The summed E-state index contributed by atoms with van der Waals surface area (Å²) in [4.78, 5) is 12.1. The average Bonchev–Trinajstić information content (AvgIpc) is 2.48.